The number of phenols is 1. The summed E-state index contributed by atoms with van der Waals surface area (Å²) in [6.45, 7) is 11.7. The molecule has 1 aliphatic heterocycles. The van der Waals surface area contributed by atoms with Crippen LogP contribution in [-0.2, 0) is 6.54 Å². The van der Waals surface area contributed by atoms with Gasteiger partial charge >= 0.3 is 0 Å². The van der Waals surface area contributed by atoms with Crippen LogP contribution >= 0.6 is 11.8 Å². The summed E-state index contributed by atoms with van der Waals surface area (Å²) in [5.74, 6) is 7.75. The minimum Gasteiger partial charge on any atom is -0.507 e. The lowest BCUT2D eigenvalue weighted by molar-refractivity contribution is 0.112. The van der Waals surface area contributed by atoms with Crippen LogP contribution in [0.25, 0.3) is 0 Å². The second kappa shape index (κ2) is 11.5. The largest absolute Gasteiger partial charge is 0.507 e. The summed E-state index contributed by atoms with van der Waals surface area (Å²) in [5.41, 5.74) is 2.90. The van der Waals surface area contributed by atoms with E-state index in [9.17, 15) is 5.11 Å². The van der Waals surface area contributed by atoms with Crippen molar-refractivity contribution in [3.8, 4) is 17.6 Å². The van der Waals surface area contributed by atoms with Gasteiger partial charge in [0, 0.05) is 28.6 Å². The van der Waals surface area contributed by atoms with E-state index in [1.54, 1.807) is 11.8 Å². The molecule has 1 N–H and O–H groups in total. The van der Waals surface area contributed by atoms with E-state index in [4.69, 9.17) is 0 Å². The number of aryl methyl sites for hydroxylation is 1. The lowest BCUT2D eigenvalue weighted by atomic mass is 10.0. The van der Waals surface area contributed by atoms with Crippen LogP contribution in [0.5, 0.6) is 5.75 Å². The Morgan fingerprint density at radius 1 is 1.10 bits per heavy atom. The monoisotopic (exact) mass is 422 g/mol. The average Bonchev–Trinajstić information content (AvgIpc) is 2.77. The highest BCUT2D eigenvalue weighted by Crippen LogP contribution is 2.27. The predicted octanol–water partition coefficient (Wildman–Crippen LogP) is 5.15. The molecule has 3 nitrogen and oxygen atoms in total. The molecule has 0 amide bonds. The van der Waals surface area contributed by atoms with Crippen molar-refractivity contribution in [3.05, 3.63) is 59.2 Å². The quantitative estimate of drug-likeness (QED) is 0.493. The van der Waals surface area contributed by atoms with Gasteiger partial charge in [-0.15, -0.1) is 11.8 Å². The van der Waals surface area contributed by atoms with Gasteiger partial charge in [0.25, 0.3) is 0 Å². The Bertz CT molecular complexity index is 860. The van der Waals surface area contributed by atoms with E-state index < -0.39 is 0 Å². The van der Waals surface area contributed by atoms with Crippen molar-refractivity contribution in [2.75, 3.05) is 31.9 Å². The first-order valence-corrected chi connectivity index (χ1v) is 12.0. The molecule has 0 bridgehead atoms. The molecule has 4 heteroatoms. The molecule has 0 spiro atoms. The number of phenolic OH excluding ortho intramolecular Hbond substituents is 1. The minimum atomic E-state index is 0.421. The van der Waals surface area contributed by atoms with Crippen LogP contribution in [0.4, 0.5) is 0 Å². The van der Waals surface area contributed by atoms with Gasteiger partial charge in [-0.25, -0.2) is 0 Å². The van der Waals surface area contributed by atoms with Crippen molar-refractivity contribution in [1.29, 1.82) is 0 Å². The first-order chi connectivity index (χ1) is 14.6. The third-order valence-electron chi connectivity index (χ3n) is 5.95. The third-order valence-corrected chi connectivity index (χ3v) is 6.84. The van der Waals surface area contributed by atoms with Crippen molar-refractivity contribution in [1.82, 2.24) is 9.80 Å². The SMILES string of the molecule is CCN(CC)C1CCN(Cc2cc(C#CCSc3ccccc3)cc(C)c2O)CC1. The summed E-state index contributed by atoms with van der Waals surface area (Å²) in [7, 11) is 0. The first-order valence-electron chi connectivity index (χ1n) is 11.1. The van der Waals surface area contributed by atoms with E-state index in [0.717, 1.165) is 55.2 Å². The molecule has 2 aromatic rings. The molecule has 0 aromatic heterocycles. The molecule has 0 atom stereocenters. The van der Waals surface area contributed by atoms with Gasteiger partial charge in [0.1, 0.15) is 5.75 Å². The van der Waals surface area contributed by atoms with Crippen LogP contribution in [0, 0.1) is 18.8 Å². The Hall–Kier alpha value is -1.93. The molecule has 1 saturated heterocycles. The molecule has 3 rings (SSSR count). The molecule has 0 unspecified atom stereocenters. The van der Waals surface area contributed by atoms with Crippen molar-refractivity contribution < 1.29 is 5.11 Å². The van der Waals surface area contributed by atoms with Crippen LogP contribution in [-0.4, -0.2) is 52.9 Å². The average molecular weight is 423 g/mol. The van der Waals surface area contributed by atoms with E-state index in [0.29, 0.717) is 11.8 Å². The standard InChI is InChI=1S/C26H34N2OS/c1-4-28(5-2)24-13-15-27(16-14-24)20-23-19-22(18-21(3)26(23)29)10-9-17-30-25-11-7-6-8-12-25/h6-8,11-12,18-19,24,29H,4-5,13-17,20H2,1-3H3. The van der Waals surface area contributed by atoms with Crippen molar-refractivity contribution in [2.24, 2.45) is 0 Å². The van der Waals surface area contributed by atoms with Crippen molar-refractivity contribution in [3.63, 3.8) is 0 Å². The number of hydrogen-bond acceptors (Lipinski definition) is 4. The molecule has 30 heavy (non-hydrogen) atoms. The molecule has 0 radical (unpaired) electrons. The molecule has 1 fully saturated rings. The van der Waals surface area contributed by atoms with Crippen LogP contribution in [0.2, 0.25) is 0 Å². The number of rotatable bonds is 7. The maximum absolute atomic E-state index is 10.6. The molecule has 1 heterocycles. The highest BCUT2D eigenvalue weighted by molar-refractivity contribution is 7.99. The molecular formula is C26H34N2OS. The first kappa shape index (κ1) is 22.7. The number of piperidine rings is 1. The molecule has 2 aromatic carbocycles. The Kier molecular flexibility index (Phi) is 8.69. The number of hydrogen-bond donors (Lipinski definition) is 1. The van der Waals surface area contributed by atoms with Crippen LogP contribution in [0.15, 0.2) is 47.4 Å². The summed E-state index contributed by atoms with van der Waals surface area (Å²) >= 11 is 1.75. The molecule has 0 aliphatic carbocycles. The molecule has 0 saturated carbocycles. The lowest BCUT2D eigenvalue weighted by Crippen LogP contribution is -2.44. The lowest BCUT2D eigenvalue weighted by Gasteiger charge is -2.37. The maximum atomic E-state index is 10.6. The van der Waals surface area contributed by atoms with Gasteiger partial charge in [-0.1, -0.05) is 43.9 Å². The number of nitrogens with zero attached hydrogens (tertiary/aromatic N) is 2. The zero-order chi connectivity index (χ0) is 21.3. The van der Waals surface area contributed by atoms with E-state index in [2.05, 4.69) is 65.8 Å². The zero-order valence-corrected chi connectivity index (χ0v) is 19.3. The number of thioether (sulfide) groups is 1. The smallest absolute Gasteiger partial charge is 0.123 e. The summed E-state index contributed by atoms with van der Waals surface area (Å²) in [4.78, 5) is 6.28. The van der Waals surface area contributed by atoms with Gasteiger partial charge in [0.15, 0.2) is 0 Å². The van der Waals surface area contributed by atoms with E-state index in [1.165, 1.54) is 17.7 Å². The fourth-order valence-corrected chi connectivity index (χ4v) is 4.90. The summed E-state index contributed by atoms with van der Waals surface area (Å²) in [6.07, 6.45) is 2.41. The van der Waals surface area contributed by atoms with Crippen LogP contribution in [0.3, 0.4) is 0 Å². The highest BCUT2D eigenvalue weighted by Gasteiger charge is 2.23. The highest BCUT2D eigenvalue weighted by atomic mass is 32.2. The fourth-order valence-electron chi connectivity index (χ4n) is 4.24. The van der Waals surface area contributed by atoms with Gasteiger partial charge in [-0.3, -0.25) is 4.90 Å². The molecular weight excluding hydrogens is 388 g/mol. The van der Waals surface area contributed by atoms with Crippen LogP contribution in [0.1, 0.15) is 43.4 Å². The van der Waals surface area contributed by atoms with Gasteiger partial charge in [0.05, 0.1) is 5.75 Å². The number of benzene rings is 2. The predicted molar refractivity (Wildman–Crippen MR) is 128 cm³/mol. The second-order valence-electron chi connectivity index (χ2n) is 7.93. The number of likely N-dealkylation sites (tertiary alicyclic amines) is 1. The van der Waals surface area contributed by atoms with Crippen molar-refractivity contribution >= 4 is 11.8 Å². The summed E-state index contributed by atoms with van der Waals surface area (Å²) in [6, 6.07) is 15.1. The van der Waals surface area contributed by atoms with Gasteiger partial charge < -0.3 is 10.0 Å². The number of aromatic hydroxyl groups is 1. The summed E-state index contributed by atoms with van der Waals surface area (Å²) < 4.78 is 0. The molecule has 160 valence electrons. The Morgan fingerprint density at radius 2 is 1.80 bits per heavy atom. The van der Waals surface area contributed by atoms with E-state index in [-0.39, 0.29) is 0 Å². The van der Waals surface area contributed by atoms with Gasteiger partial charge in [0.2, 0.25) is 0 Å². The molecule has 1 aliphatic rings. The fraction of sp³-hybridized carbons (Fsp3) is 0.462. The Morgan fingerprint density at radius 3 is 2.47 bits per heavy atom. The minimum absolute atomic E-state index is 0.421. The topological polar surface area (TPSA) is 26.7 Å². The summed E-state index contributed by atoms with van der Waals surface area (Å²) in [5, 5.41) is 10.6. The third kappa shape index (κ3) is 6.28. The van der Waals surface area contributed by atoms with Crippen molar-refractivity contribution in [2.45, 2.75) is 51.1 Å². The maximum Gasteiger partial charge on any atom is 0.123 e. The van der Waals surface area contributed by atoms with Crippen LogP contribution < -0.4 is 0 Å². The zero-order valence-electron chi connectivity index (χ0n) is 18.5. The van der Waals surface area contributed by atoms with E-state index >= 15 is 0 Å². The Labute approximate surface area is 186 Å². The van der Waals surface area contributed by atoms with E-state index in [1.807, 2.05) is 19.1 Å². The second-order valence-corrected chi connectivity index (χ2v) is 8.98. The normalized spacial score (nSPS) is 15.2. The van der Waals surface area contributed by atoms with Gasteiger partial charge in [-0.05, 0) is 75.8 Å². The van der Waals surface area contributed by atoms with Gasteiger partial charge in [-0.2, -0.15) is 0 Å². The Balaban J connectivity index is 1.60.